The van der Waals surface area contributed by atoms with Gasteiger partial charge in [0.2, 0.25) is 0 Å². The van der Waals surface area contributed by atoms with Crippen molar-refractivity contribution in [1.82, 2.24) is 9.55 Å². The second kappa shape index (κ2) is 5.37. The van der Waals surface area contributed by atoms with Crippen LogP contribution in [0.3, 0.4) is 0 Å². The number of benzene rings is 1. The highest BCUT2D eigenvalue weighted by molar-refractivity contribution is 5.90. The fourth-order valence-electron chi connectivity index (χ4n) is 2.49. The van der Waals surface area contributed by atoms with Crippen molar-refractivity contribution in [2.24, 2.45) is 0 Å². The average Bonchev–Trinajstić information content (AvgIpc) is 2.92. The van der Waals surface area contributed by atoms with Gasteiger partial charge in [0.15, 0.2) is 0 Å². The minimum atomic E-state index is 0.815. The van der Waals surface area contributed by atoms with Gasteiger partial charge in [-0.1, -0.05) is 18.2 Å². The molecule has 2 aromatic heterocycles. The van der Waals surface area contributed by atoms with E-state index < -0.39 is 0 Å². The first-order valence-corrected chi connectivity index (χ1v) is 7.02. The number of nitrogens with one attached hydrogen (secondary N) is 1. The molecule has 0 aliphatic heterocycles. The molecule has 0 saturated heterocycles. The molecule has 1 N–H and O–H groups in total. The van der Waals surface area contributed by atoms with Crippen molar-refractivity contribution in [3.05, 3.63) is 60.0 Å². The number of anilines is 1. The molecule has 2 heterocycles. The van der Waals surface area contributed by atoms with Crippen LogP contribution in [0.1, 0.15) is 18.3 Å². The van der Waals surface area contributed by atoms with Crippen LogP contribution in [-0.2, 0) is 13.1 Å². The molecule has 20 heavy (non-hydrogen) atoms. The summed E-state index contributed by atoms with van der Waals surface area (Å²) in [6.45, 7) is 6.00. The molecule has 0 unspecified atom stereocenters. The van der Waals surface area contributed by atoms with Crippen LogP contribution in [0.5, 0.6) is 0 Å². The van der Waals surface area contributed by atoms with Gasteiger partial charge in [-0.15, -0.1) is 0 Å². The topological polar surface area (TPSA) is 29.9 Å². The zero-order chi connectivity index (χ0) is 13.9. The third-order valence-electron chi connectivity index (χ3n) is 3.58. The Hall–Kier alpha value is -2.29. The Balaban J connectivity index is 1.89. The zero-order valence-corrected chi connectivity index (χ0v) is 11.9. The van der Waals surface area contributed by atoms with Gasteiger partial charge >= 0.3 is 0 Å². The van der Waals surface area contributed by atoms with E-state index >= 15 is 0 Å². The second-order valence-electron chi connectivity index (χ2n) is 4.97. The van der Waals surface area contributed by atoms with Crippen LogP contribution in [0.2, 0.25) is 0 Å². The van der Waals surface area contributed by atoms with E-state index in [1.54, 1.807) is 0 Å². The molecule has 0 atom stereocenters. The van der Waals surface area contributed by atoms with Crippen LogP contribution in [0, 0.1) is 6.92 Å². The summed E-state index contributed by atoms with van der Waals surface area (Å²) in [6, 6.07) is 14.7. The number of aromatic nitrogens is 2. The van der Waals surface area contributed by atoms with E-state index in [-0.39, 0.29) is 0 Å². The van der Waals surface area contributed by atoms with E-state index in [1.165, 1.54) is 11.1 Å². The SMILES string of the molecule is CCn1cccc1CNc1cccc2ccc(C)nc12. The normalized spacial score (nSPS) is 10.9. The molecule has 0 fully saturated rings. The van der Waals surface area contributed by atoms with Gasteiger partial charge in [-0.2, -0.15) is 0 Å². The first-order valence-electron chi connectivity index (χ1n) is 7.02. The smallest absolute Gasteiger partial charge is 0.0936 e. The summed E-state index contributed by atoms with van der Waals surface area (Å²) >= 11 is 0. The molecule has 0 spiro atoms. The Kier molecular flexibility index (Phi) is 3.42. The van der Waals surface area contributed by atoms with Crippen LogP contribution in [0.15, 0.2) is 48.7 Å². The van der Waals surface area contributed by atoms with Crippen LogP contribution in [0.4, 0.5) is 5.69 Å². The van der Waals surface area contributed by atoms with Gasteiger partial charge in [-0.05, 0) is 38.1 Å². The summed E-state index contributed by atoms with van der Waals surface area (Å²) in [5.74, 6) is 0. The molecule has 3 nitrogen and oxygen atoms in total. The molecule has 3 aromatic rings. The summed E-state index contributed by atoms with van der Waals surface area (Å²) < 4.78 is 2.25. The highest BCUT2D eigenvalue weighted by Gasteiger charge is 2.04. The third kappa shape index (κ3) is 2.39. The maximum absolute atomic E-state index is 4.65. The molecule has 0 amide bonds. The number of para-hydroxylation sites is 1. The van der Waals surface area contributed by atoms with Crippen LogP contribution in [0.25, 0.3) is 10.9 Å². The Bertz CT molecular complexity index is 728. The molecular weight excluding hydrogens is 246 g/mol. The summed E-state index contributed by atoms with van der Waals surface area (Å²) in [5.41, 5.74) is 4.47. The molecule has 0 radical (unpaired) electrons. The van der Waals surface area contributed by atoms with E-state index in [0.29, 0.717) is 0 Å². The lowest BCUT2D eigenvalue weighted by atomic mass is 10.1. The Morgan fingerprint density at radius 1 is 1.10 bits per heavy atom. The van der Waals surface area contributed by atoms with Gasteiger partial charge in [0.25, 0.3) is 0 Å². The predicted octanol–water partition coefficient (Wildman–Crippen LogP) is 3.98. The summed E-state index contributed by atoms with van der Waals surface area (Å²) in [7, 11) is 0. The third-order valence-corrected chi connectivity index (χ3v) is 3.58. The summed E-state index contributed by atoms with van der Waals surface area (Å²) in [4.78, 5) is 4.65. The van der Waals surface area contributed by atoms with E-state index in [4.69, 9.17) is 0 Å². The number of hydrogen-bond acceptors (Lipinski definition) is 2. The lowest BCUT2D eigenvalue weighted by Crippen LogP contribution is -2.06. The lowest BCUT2D eigenvalue weighted by molar-refractivity contribution is 0.724. The molecule has 0 saturated carbocycles. The number of pyridine rings is 1. The minimum Gasteiger partial charge on any atom is -0.378 e. The molecule has 1 aromatic carbocycles. The second-order valence-corrected chi connectivity index (χ2v) is 4.97. The monoisotopic (exact) mass is 265 g/mol. The van der Waals surface area contributed by atoms with Crippen LogP contribution in [-0.4, -0.2) is 9.55 Å². The number of rotatable bonds is 4. The summed E-state index contributed by atoms with van der Waals surface area (Å²) in [6.07, 6.45) is 2.11. The number of nitrogens with zero attached hydrogens (tertiary/aromatic N) is 2. The van der Waals surface area contributed by atoms with Crippen molar-refractivity contribution >= 4 is 16.6 Å². The minimum absolute atomic E-state index is 0.815. The number of hydrogen-bond donors (Lipinski definition) is 1. The molecular formula is C17H19N3. The van der Waals surface area contributed by atoms with Gasteiger partial charge in [-0.25, -0.2) is 0 Å². The largest absolute Gasteiger partial charge is 0.378 e. The Morgan fingerprint density at radius 2 is 2.00 bits per heavy atom. The highest BCUT2D eigenvalue weighted by atomic mass is 15.0. The maximum Gasteiger partial charge on any atom is 0.0936 e. The maximum atomic E-state index is 4.65. The van der Waals surface area contributed by atoms with Crippen molar-refractivity contribution in [1.29, 1.82) is 0 Å². The van der Waals surface area contributed by atoms with E-state index in [2.05, 4.69) is 64.4 Å². The van der Waals surface area contributed by atoms with Crippen LogP contribution < -0.4 is 5.32 Å². The van der Waals surface area contributed by atoms with Crippen molar-refractivity contribution in [3.8, 4) is 0 Å². The van der Waals surface area contributed by atoms with Crippen molar-refractivity contribution < 1.29 is 0 Å². The molecule has 0 bridgehead atoms. The van der Waals surface area contributed by atoms with Gasteiger partial charge in [0.05, 0.1) is 17.7 Å². The van der Waals surface area contributed by atoms with E-state index in [0.717, 1.165) is 30.0 Å². The highest BCUT2D eigenvalue weighted by Crippen LogP contribution is 2.22. The molecule has 0 aliphatic carbocycles. The van der Waals surface area contributed by atoms with E-state index in [1.807, 2.05) is 13.0 Å². The first kappa shape index (κ1) is 12.7. The molecule has 0 aliphatic rings. The van der Waals surface area contributed by atoms with Crippen molar-refractivity contribution in [2.45, 2.75) is 26.9 Å². The molecule has 102 valence electrons. The van der Waals surface area contributed by atoms with Gasteiger partial charge in [0, 0.05) is 29.5 Å². The average molecular weight is 265 g/mol. The lowest BCUT2D eigenvalue weighted by Gasteiger charge is -2.11. The fourth-order valence-corrected chi connectivity index (χ4v) is 2.49. The van der Waals surface area contributed by atoms with Gasteiger partial charge in [-0.3, -0.25) is 4.98 Å². The standard InChI is InChI=1S/C17H19N3/c1-3-20-11-5-7-15(20)12-18-16-8-4-6-14-10-9-13(2)19-17(14)16/h4-11,18H,3,12H2,1-2H3. The zero-order valence-electron chi connectivity index (χ0n) is 11.9. The van der Waals surface area contributed by atoms with Crippen molar-refractivity contribution in [2.75, 3.05) is 5.32 Å². The van der Waals surface area contributed by atoms with E-state index in [9.17, 15) is 0 Å². The first-order chi connectivity index (χ1) is 9.78. The van der Waals surface area contributed by atoms with Crippen LogP contribution >= 0.6 is 0 Å². The van der Waals surface area contributed by atoms with Gasteiger partial charge in [0.1, 0.15) is 0 Å². The number of aryl methyl sites for hydroxylation is 2. The molecule has 3 heteroatoms. The Labute approximate surface area is 119 Å². The quantitative estimate of drug-likeness (QED) is 0.773. The van der Waals surface area contributed by atoms with Gasteiger partial charge < -0.3 is 9.88 Å². The Morgan fingerprint density at radius 3 is 2.85 bits per heavy atom. The number of fused-ring (bicyclic) bond motifs is 1. The summed E-state index contributed by atoms with van der Waals surface area (Å²) in [5, 5.41) is 4.68. The predicted molar refractivity (Wildman–Crippen MR) is 83.9 cm³/mol. The fraction of sp³-hybridized carbons (Fsp3) is 0.235. The molecule has 3 rings (SSSR count). The van der Waals surface area contributed by atoms with Crippen molar-refractivity contribution in [3.63, 3.8) is 0 Å².